The minimum absolute atomic E-state index is 0.0172. The van der Waals surface area contributed by atoms with E-state index < -0.39 is 0 Å². The van der Waals surface area contributed by atoms with Gasteiger partial charge in [0, 0.05) is 18.9 Å². The zero-order chi connectivity index (χ0) is 20.5. The van der Waals surface area contributed by atoms with Crippen molar-refractivity contribution in [1.29, 1.82) is 0 Å². The summed E-state index contributed by atoms with van der Waals surface area (Å²) in [5, 5.41) is 4.49. The summed E-state index contributed by atoms with van der Waals surface area (Å²) in [6, 6.07) is 9.63. The molecule has 4 rings (SSSR count). The van der Waals surface area contributed by atoms with Crippen molar-refractivity contribution >= 4 is 23.0 Å². The molecular formula is C21H23ClN4O3. The molecule has 1 fully saturated rings. The Balaban J connectivity index is 1.47. The lowest BCUT2D eigenvalue weighted by molar-refractivity contribution is -0.129. The summed E-state index contributed by atoms with van der Waals surface area (Å²) in [6.45, 7) is 4.64. The molecule has 0 saturated carbocycles. The number of carbonyl (C=O) groups excluding carboxylic acids is 1. The van der Waals surface area contributed by atoms with E-state index in [9.17, 15) is 4.79 Å². The van der Waals surface area contributed by atoms with E-state index in [0.29, 0.717) is 24.0 Å². The molecule has 0 radical (unpaired) electrons. The lowest BCUT2D eigenvalue weighted by Gasteiger charge is -2.26. The minimum Gasteiger partial charge on any atom is -0.497 e. The Hall–Kier alpha value is -2.80. The number of ether oxygens (including phenoxy) is 2. The van der Waals surface area contributed by atoms with Gasteiger partial charge in [0.1, 0.15) is 17.4 Å². The zero-order valence-corrected chi connectivity index (χ0v) is 17.3. The monoisotopic (exact) mass is 414 g/mol. The molecule has 1 amide bonds. The zero-order valence-electron chi connectivity index (χ0n) is 16.6. The average molecular weight is 415 g/mol. The fourth-order valence-electron chi connectivity index (χ4n) is 3.74. The first kappa shape index (κ1) is 19.5. The highest BCUT2D eigenvalue weighted by Gasteiger charge is 2.37. The van der Waals surface area contributed by atoms with Gasteiger partial charge >= 0.3 is 0 Å². The third kappa shape index (κ3) is 3.87. The first-order valence-corrected chi connectivity index (χ1v) is 9.94. The van der Waals surface area contributed by atoms with Crippen molar-refractivity contribution < 1.29 is 14.3 Å². The van der Waals surface area contributed by atoms with Crippen LogP contribution in [0.3, 0.4) is 0 Å². The van der Waals surface area contributed by atoms with Gasteiger partial charge in [-0.05, 0) is 37.6 Å². The van der Waals surface area contributed by atoms with E-state index in [4.69, 9.17) is 21.1 Å². The number of likely N-dealkylation sites (tertiary alicyclic amines) is 1. The number of benzene rings is 1. The van der Waals surface area contributed by atoms with Gasteiger partial charge < -0.3 is 14.4 Å². The van der Waals surface area contributed by atoms with Crippen molar-refractivity contribution in [3.05, 3.63) is 53.4 Å². The van der Waals surface area contributed by atoms with Gasteiger partial charge in [0.05, 0.1) is 25.5 Å². The highest BCUT2D eigenvalue weighted by molar-refractivity contribution is 6.29. The number of carbonyl (C=O) groups is 1. The third-order valence-corrected chi connectivity index (χ3v) is 5.72. The molecular weight excluding hydrogens is 392 g/mol. The maximum Gasteiger partial charge on any atom is 0.241 e. The predicted molar refractivity (Wildman–Crippen MR) is 109 cm³/mol. The maximum atomic E-state index is 12.7. The van der Waals surface area contributed by atoms with Gasteiger partial charge in [0.25, 0.3) is 0 Å². The quantitative estimate of drug-likeness (QED) is 0.614. The van der Waals surface area contributed by atoms with Crippen LogP contribution < -0.4 is 9.47 Å². The number of methoxy groups -OCH3 is 1. The summed E-state index contributed by atoms with van der Waals surface area (Å²) < 4.78 is 13.0. The minimum atomic E-state index is -0.198. The van der Waals surface area contributed by atoms with Gasteiger partial charge in [-0.2, -0.15) is 10.1 Å². The molecule has 2 aromatic heterocycles. The summed E-state index contributed by atoms with van der Waals surface area (Å²) in [6.07, 6.45) is 3.54. The van der Waals surface area contributed by atoms with Gasteiger partial charge in [-0.1, -0.05) is 23.7 Å². The van der Waals surface area contributed by atoms with Crippen molar-refractivity contribution in [2.45, 2.75) is 32.4 Å². The fourth-order valence-corrected chi connectivity index (χ4v) is 3.91. The number of halogens is 1. The molecule has 3 atom stereocenters. The predicted octanol–water partition coefficient (Wildman–Crippen LogP) is 3.77. The summed E-state index contributed by atoms with van der Waals surface area (Å²) in [5.74, 6) is 1.42. The van der Waals surface area contributed by atoms with Crippen LogP contribution in [0.4, 0.5) is 0 Å². The van der Waals surface area contributed by atoms with Crippen LogP contribution in [0.25, 0.3) is 5.52 Å². The molecule has 3 aromatic rings. The SMILES string of the molecule is COc1ccc([C@@H](C)N2C[C@H]([C@@H](C)Oc3nc(Cl)cn4nccc34)CC2=O)cc1. The highest BCUT2D eigenvalue weighted by Crippen LogP contribution is 2.32. The molecule has 0 bridgehead atoms. The molecule has 1 aromatic carbocycles. The molecule has 1 saturated heterocycles. The van der Waals surface area contributed by atoms with Crippen LogP contribution >= 0.6 is 11.6 Å². The van der Waals surface area contributed by atoms with E-state index in [1.54, 1.807) is 24.0 Å². The summed E-state index contributed by atoms with van der Waals surface area (Å²) in [5.41, 5.74) is 1.82. The molecule has 0 unspecified atom stereocenters. The summed E-state index contributed by atoms with van der Waals surface area (Å²) >= 11 is 6.08. The van der Waals surface area contributed by atoms with Crippen molar-refractivity contribution in [1.82, 2.24) is 19.5 Å². The van der Waals surface area contributed by atoms with Crippen LogP contribution in [0, 0.1) is 5.92 Å². The van der Waals surface area contributed by atoms with Gasteiger partial charge in [-0.3, -0.25) is 4.79 Å². The molecule has 152 valence electrons. The Morgan fingerprint density at radius 1 is 1.21 bits per heavy atom. The molecule has 1 aliphatic rings. The summed E-state index contributed by atoms with van der Waals surface area (Å²) in [4.78, 5) is 18.9. The van der Waals surface area contributed by atoms with E-state index in [1.807, 2.05) is 49.1 Å². The van der Waals surface area contributed by atoms with Gasteiger partial charge in [0.2, 0.25) is 11.8 Å². The van der Waals surface area contributed by atoms with E-state index >= 15 is 0 Å². The van der Waals surface area contributed by atoms with Crippen molar-refractivity contribution in [3.8, 4) is 11.6 Å². The second-order valence-corrected chi connectivity index (χ2v) is 7.70. The normalized spacial score (nSPS) is 18.8. The second-order valence-electron chi connectivity index (χ2n) is 7.31. The standard InChI is InChI=1S/C21H23ClN4O3/c1-13(15-4-6-17(28-3)7-5-15)25-11-16(10-20(25)27)14(2)29-21-18-8-9-23-26(18)12-19(22)24-21/h4-9,12-14,16H,10-11H2,1-3H3/t13-,14-,16-/m1/s1. The van der Waals surface area contributed by atoms with Gasteiger partial charge in [-0.15, -0.1) is 0 Å². The first-order valence-electron chi connectivity index (χ1n) is 9.56. The molecule has 8 heteroatoms. The Labute approximate surface area is 174 Å². The highest BCUT2D eigenvalue weighted by atomic mass is 35.5. The molecule has 0 spiro atoms. The largest absolute Gasteiger partial charge is 0.497 e. The molecule has 3 heterocycles. The van der Waals surface area contributed by atoms with Crippen LogP contribution in [0.1, 0.15) is 31.9 Å². The van der Waals surface area contributed by atoms with E-state index in [2.05, 4.69) is 10.1 Å². The number of hydrogen-bond donors (Lipinski definition) is 0. The Morgan fingerprint density at radius 3 is 2.69 bits per heavy atom. The average Bonchev–Trinajstić information content (AvgIpc) is 3.34. The van der Waals surface area contributed by atoms with Crippen LogP contribution in [-0.2, 0) is 4.79 Å². The molecule has 7 nitrogen and oxygen atoms in total. The number of amides is 1. The van der Waals surface area contributed by atoms with Gasteiger partial charge in [-0.25, -0.2) is 4.52 Å². The number of fused-ring (bicyclic) bond motifs is 1. The topological polar surface area (TPSA) is 69.0 Å². The van der Waals surface area contributed by atoms with Gasteiger partial charge in [0.15, 0.2) is 5.15 Å². The van der Waals surface area contributed by atoms with Crippen molar-refractivity contribution in [2.24, 2.45) is 5.92 Å². The number of rotatable bonds is 6. The van der Waals surface area contributed by atoms with E-state index in [0.717, 1.165) is 16.8 Å². The molecule has 0 aliphatic carbocycles. The molecule has 29 heavy (non-hydrogen) atoms. The number of aromatic nitrogens is 3. The Morgan fingerprint density at radius 2 is 1.97 bits per heavy atom. The smallest absolute Gasteiger partial charge is 0.241 e. The molecule has 0 N–H and O–H groups in total. The maximum absolute atomic E-state index is 12.7. The summed E-state index contributed by atoms with van der Waals surface area (Å²) in [7, 11) is 1.64. The molecule has 1 aliphatic heterocycles. The Bertz CT molecular complexity index is 1020. The lowest BCUT2D eigenvalue weighted by Crippen LogP contribution is -2.31. The van der Waals surface area contributed by atoms with Crippen LogP contribution in [0.15, 0.2) is 42.7 Å². The van der Waals surface area contributed by atoms with E-state index in [1.165, 1.54) is 0 Å². The van der Waals surface area contributed by atoms with Crippen molar-refractivity contribution in [3.63, 3.8) is 0 Å². The fraction of sp³-hybridized carbons (Fsp3) is 0.381. The number of nitrogens with zero attached hydrogens (tertiary/aromatic N) is 4. The Kier molecular flexibility index (Phi) is 5.32. The number of hydrogen-bond acceptors (Lipinski definition) is 5. The second kappa shape index (κ2) is 7.91. The van der Waals surface area contributed by atoms with E-state index in [-0.39, 0.29) is 24.0 Å². The van der Waals surface area contributed by atoms with Crippen molar-refractivity contribution in [2.75, 3.05) is 13.7 Å². The van der Waals surface area contributed by atoms with Crippen LogP contribution in [-0.4, -0.2) is 45.2 Å². The first-order chi connectivity index (χ1) is 14.0. The lowest BCUT2D eigenvalue weighted by atomic mass is 10.0. The van der Waals surface area contributed by atoms with Crippen LogP contribution in [0.5, 0.6) is 11.6 Å². The van der Waals surface area contributed by atoms with Crippen LogP contribution in [0.2, 0.25) is 5.15 Å². The third-order valence-electron chi connectivity index (χ3n) is 5.54.